The summed E-state index contributed by atoms with van der Waals surface area (Å²) in [5.74, 6) is 3.45. The molecule has 0 aliphatic rings. The highest BCUT2D eigenvalue weighted by atomic mass is 16.5. The molecule has 0 radical (unpaired) electrons. The quantitative estimate of drug-likeness (QED) is 0.416. The highest BCUT2D eigenvalue weighted by Gasteiger charge is 2.41. The summed E-state index contributed by atoms with van der Waals surface area (Å²) in [6.07, 6.45) is 0.532. The molecule has 0 aromatic rings. The van der Waals surface area contributed by atoms with Gasteiger partial charge in [-0.1, -0.05) is 0 Å². The molecule has 1 unspecified atom stereocenters. The van der Waals surface area contributed by atoms with Gasteiger partial charge >= 0.3 is 11.9 Å². The molecule has 0 saturated carbocycles. The number of hydrogen-bond donors (Lipinski definition) is 1. The molecular weight excluding hydrogens is 184 g/mol. The first-order valence-electron chi connectivity index (χ1n) is 4.20. The van der Waals surface area contributed by atoms with Gasteiger partial charge in [-0.3, -0.25) is 9.59 Å². The number of aliphatic carboxylic acids is 1. The van der Waals surface area contributed by atoms with Gasteiger partial charge in [0.1, 0.15) is 0 Å². The summed E-state index contributed by atoms with van der Waals surface area (Å²) in [7, 11) is 1.18. The van der Waals surface area contributed by atoms with Crippen LogP contribution >= 0.6 is 0 Å². The number of carbonyl (C=O) groups excluding carboxylic acids is 1. The van der Waals surface area contributed by atoms with Crippen molar-refractivity contribution < 1.29 is 19.4 Å². The molecule has 0 bridgehead atoms. The summed E-state index contributed by atoms with van der Waals surface area (Å²) < 4.78 is 4.44. The zero-order valence-corrected chi connectivity index (χ0v) is 8.59. The highest BCUT2D eigenvalue weighted by molar-refractivity contribution is 5.98. The van der Waals surface area contributed by atoms with E-state index in [0.29, 0.717) is 6.42 Å². The molecule has 0 rings (SSSR count). The van der Waals surface area contributed by atoms with Crippen molar-refractivity contribution in [2.24, 2.45) is 5.41 Å². The summed E-state index contributed by atoms with van der Waals surface area (Å²) >= 11 is 0. The van der Waals surface area contributed by atoms with Crippen molar-refractivity contribution in [3.8, 4) is 11.8 Å². The van der Waals surface area contributed by atoms with Gasteiger partial charge < -0.3 is 9.84 Å². The van der Waals surface area contributed by atoms with E-state index in [4.69, 9.17) is 5.11 Å². The van der Waals surface area contributed by atoms with E-state index in [9.17, 15) is 9.59 Å². The molecular formula is C10H14O4. The van der Waals surface area contributed by atoms with Crippen molar-refractivity contribution in [1.82, 2.24) is 0 Å². The first-order chi connectivity index (χ1) is 6.49. The van der Waals surface area contributed by atoms with Gasteiger partial charge in [-0.05, 0) is 20.3 Å². The Morgan fingerprint density at radius 1 is 1.50 bits per heavy atom. The Kier molecular flexibility index (Phi) is 4.71. The summed E-state index contributed by atoms with van der Waals surface area (Å²) in [6, 6.07) is 0. The molecule has 0 aliphatic carbocycles. The molecule has 0 aromatic heterocycles. The standard InChI is InChI=1S/C10H14O4/c1-4-5-6-7-10(2,8(11)12)9(13)14-3/h6-7H2,1-3H3,(H,11,12). The number of rotatable bonds is 4. The van der Waals surface area contributed by atoms with E-state index in [1.165, 1.54) is 14.0 Å². The van der Waals surface area contributed by atoms with E-state index in [1.54, 1.807) is 6.92 Å². The lowest BCUT2D eigenvalue weighted by atomic mass is 9.85. The summed E-state index contributed by atoms with van der Waals surface area (Å²) in [4.78, 5) is 22.1. The predicted octanol–water partition coefficient (Wildman–Crippen LogP) is 1.05. The smallest absolute Gasteiger partial charge is 0.322 e. The lowest BCUT2D eigenvalue weighted by Crippen LogP contribution is -2.37. The van der Waals surface area contributed by atoms with Crippen LogP contribution in [0.3, 0.4) is 0 Å². The number of hydrogen-bond acceptors (Lipinski definition) is 3. The van der Waals surface area contributed by atoms with E-state index in [0.717, 1.165) is 0 Å². The van der Waals surface area contributed by atoms with Crippen LogP contribution in [-0.4, -0.2) is 24.2 Å². The second-order valence-corrected chi connectivity index (χ2v) is 3.06. The van der Waals surface area contributed by atoms with E-state index in [-0.39, 0.29) is 6.42 Å². The average Bonchev–Trinajstić information content (AvgIpc) is 2.16. The van der Waals surface area contributed by atoms with Crippen LogP contribution in [0.5, 0.6) is 0 Å². The molecule has 0 fully saturated rings. The Labute approximate surface area is 83.3 Å². The Morgan fingerprint density at radius 3 is 2.43 bits per heavy atom. The number of carboxylic acid groups (broad SMARTS) is 1. The second kappa shape index (κ2) is 5.28. The maximum absolute atomic E-state index is 11.2. The minimum absolute atomic E-state index is 0.163. The first-order valence-corrected chi connectivity index (χ1v) is 4.20. The topological polar surface area (TPSA) is 63.6 Å². The molecule has 4 nitrogen and oxygen atoms in total. The second-order valence-electron chi connectivity index (χ2n) is 3.06. The molecule has 1 N–H and O–H groups in total. The van der Waals surface area contributed by atoms with E-state index in [1.807, 2.05) is 0 Å². The maximum Gasteiger partial charge on any atom is 0.322 e. The number of carbonyl (C=O) groups is 2. The van der Waals surface area contributed by atoms with Crippen LogP contribution in [0.1, 0.15) is 26.7 Å². The van der Waals surface area contributed by atoms with Gasteiger partial charge in [0.25, 0.3) is 0 Å². The molecule has 0 amide bonds. The van der Waals surface area contributed by atoms with Crippen LogP contribution in [0.15, 0.2) is 0 Å². The van der Waals surface area contributed by atoms with Crippen LogP contribution in [0.4, 0.5) is 0 Å². The van der Waals surface area contributed by atoms with Gasteiger partial charge in [0.05, 0.1) is 7.11 Å². The Bertz CT molecular complexity index is 284. The molecule has 0 heterocycles. The lowest BCUT2D eigenvalue weighted by Gasteiger charge is -2.20. The fourth-order valence-electron chi connectivity index (χ4n) is 0.959. The molecule has 0 aromatic carbocycles. The van der Waals surface area contributed by atoms with Crippen molar-refractivity contribution in [3.05, 3.63) is 0 Å². The van der Waals surface area contributed by atoms with Crippen molar-refractivity contribution in [3.63, 3.8) is 0 Å². The zero-order valence-electron chi connectivity index (χ0n) is 8.59. The molecule has 0 saturated heterocycles. The third-order valence-corrected chi connectivity index (χ3v) is 2.03. The van der Waals surface area contributed by atoms with Gasteiger partial charge in [0.2, 0.25) is 0 Å². The fourth-order valence-corrected chi connectivity index (χ4v) is 0.959. The third-order valence-electron chi connectivity index (χ3n) is 2.03. The van der Waals surface area contributed by atoms with E-state index < -0.39 is 17.4 Å². The Hall–Kier alpha value is -1.50. The minimum atomic E-state index is -1.49. The lowest BCUT2D eigenvalue weighted by molar-refractivity contribution is -0.166. The Balaban J connectivity index is 4.61. The molecule has 78 valence electrons. The molecule has 0 spiro atoms. The summed E-state index contributed by atoms with van der Waals surface area (Å²) in [5.41, 5.74) is -1.49. The fraction of sp³-hybridized carbons (Fsp3) is 0.600. The monoisotopic (exact) mass is 198 g/mol. The van der Waals surface area contributed by atoms with Crippen molar-refractivity contribution in [2.45, 2.75) is 26.7 Å². The SMILES string of the molecule is CC#CCCC(C)(C(=O)O)C(=O)OC. The molecule has 1 atom stereocenters. The van der Waals surface area contributed by atoms with Crippen LogP contribution in [0.25, 0.3) is 0 Å². The molecule has 0 aliphatic heterocycles. The van der Waals surface area contributed by atoms with Crippen molar-refractivity contribution in [2.75, 3.05) is 7.11 Å². The van der Waals surface area contributed by atoms with Crippen LogP contribution < -0.4 is 0 Å². The van der Waals surface area contributed by atoms with Gasteiger partial charge in [-0.25, -0.2) is 0 Å². The largest absolute Gasteiger partial charge is 0.480 e. The van der Waals surface area contributed by atoms with Gasteiger partial charge in [-0.15, -0.1) is 11.8 Å². The minimum Gasteiger partial charge on any atom is -0.480 e. The summed E-state index contributed by atoms with van der Waals surface area (Å²) in [5, 5.41) is 8.88. The van der Waals surface area contributed by atoms with Crippen LogP contribution in [0, 0.1) is 17.3 Å². The first kappa shape index (κ1) is 12.5. The van der Waals surface area contributed by atoms with E-state index in [2.05, 4.69) is 16.6 Å². The number of ether oxygens (including phenoxy) is 1. The van der Waals surface area contributed by atoms with Gasteiger partial charge in [-0.2, -0.15) is 0 Å². The van der Waals surface area contributed by atoms with Crippen LogP contribution in [0.2, 0.25) is 0 Å². The van der Waals surface area contributed by atoms with Crippen molar-refractivity contribution >= 4 is 11.9 Å². The zero-order chi connectivity index (χ0) is 11.2. The number of methoxy groups -OCH3 is 1. The molecule has 14 heavy (non-hydrogen) atoms. The Morgan fingerprint density at radius 2 is 2.07 bits per heavy atom. The predicted molar refractivity (Wildman–Crippen MR) is 50.4 cm³/mol. The number of carboxylic acids is 1. The third kappa shape index (κ3) is 2.77. The van der Waals surface area contributed by atoms with Gasteiger partial charge in [0.15, 0.2) is 5.41 Å². The maximum atomic E-state index is 11.2. The average molecular weight is 198 g/mol. The molecule has 4 heteroatoms. The normalized spacial score (nSPS) is 13.4. The highest BCUT2D eigenvalue weighted by Crippen LogP contribution is 2.25. The summed E-state index contributed by atoms with van der Waals surface area (Å²) in [6.45, 7) is 3.01. The van der Waals surface area contributed by atoms with Crippen LogP contribution in [-0.2, 0) is 14.3 Å². The van der Waals surface area contributed by atoms with Gasteiger partial charge in [0, 0.05) is 6.42 Å². The number of esters is 1. The van der Waals surface area contributed by atoms with Crippen molar-refractivity contribution in [1.29, 1.82) is 0 Å². The van der Waals surface area contributed by atoms with E-state index >= 15 is 0 Å².